The van der Waals surface area contributed by atoms with Crippen molar-refractivity contribution in [1.82, 2.24) is 9.78 Å². The van der Waals surface area contributed by atoms with Gasteiger partial charge in [-0.05, 0) is 38.5 Å². The Hall–Kier alpha value is -1.42. The van der Waals surface area contributed by atoms with Crippen LogP contribution in [0.4, 0.5) is 5.69 Å². The Balaban J connectivity index is 2.13. The van der Waals surface area contributed by atoms with Crippen LogP contribution in [0.25, 0.3) is 0 Å². The minimum atomic E-state index is 0.891. The number of para-hydroxylation sites is 1. The standard InChI is InChI=1S/C14H19N3S/c1-4-17-12(8-11(3)16-17)9-18-13-7-5-6-10(2)14(13)15/h5-8H,4,9,15H2,1-3H3. The third kappa shape index (κ3) is 2.70. The van der Waals surface area contributed by atoms with E-state index in [2.05, 4.69) is 30.2 Å². The van der Waals surface area contributed by atoms with Crippen molar-refractivity contribution in [2.24, 2.45) is 0 Å². The van der Waals surface area contributed by atoms with Crippen LogP contribution in [0.1, 0.15) is 23.9 Å². The van der Waals surface area contributed by atoms with E-state index in [4.69, 9.17) is 5.73 Å². The average molecular weight is 261 g/mol. The molecule has 0 atom stereocenters. The fraction of sp³-hybridized carbons (Fsp3) is 0.357. The fourth-order valence-corrected chi connectivity index (χ4v) is 2.95. The second-order valence-electron chi connectivity index (χ2n) is 4.37. The van der Waals surface area contributed by atoms with Crippen molar-refractivity contribution < 1.29 is 0 Å². The summed E-state index contributed by atoms with van der Waals surface area (Å²) in [6.07, 6.45) is 0. The Kier molecular flexibility index (Phi) is 3.97. The van der Waals surface area contributed by atoms with E-state index in [0.29, 0.717) is 0 Å². The van der Waals surface area contributed by atoms with Gasteiger partial charge in [0.25, 0.3) is 0 Å². The van der Waals surface area contributed by atoms with Crippen molar-refractivity contribution in [2.75, 3.05) is 5.73 Å². The zero-order valence-corrected chi connectivity index (χ0v) is 11.9. The predicted molar refractivity (Wildman–Crippen MR) is 77.8 cm³/mol. The van der Waals surface area contributed by atoms with Crippen LogP contribution in [-0.2, 0) is 12.3 Å². The number of hydrogen-bond donors (Lipinski definition) is 1. The summed E-state index contributed by atoms with van der Waals surface area (Å²) in [7, 11) is 0. The van der Waals surface area contributed by atoms with Crippen molar-refractivity contribution in [1.29, 1.82) is 0 Å². The monoisotopic (exact) mass is 261 g/mol. The molecule has 0 fully saturated rings. The first-order valence-electron chi connectivity index (χ1n) is 6.13. The van der Waals surface area contributed by atoms with E-state index in [-0.39, 0.29) is 0 Å². The van der Waals surface area contributed by atoms with Gasteiger partial charge >= 0.3 is 0 Å². The summed E-state index contributed by atoms with van der Waals surface area (Å²) in [5.41, 5.74) is 10.4. The third-order valence-corrected chi connectivity index (χ3v) is 4.05. The average Bonchev–Trinajstić information content (AvgIpc) is 2.71. The molecule has 2 aromatic rings. The van der Waals surface area contributed by atoms with Crippen LogP contribution in [0.5, 0.6) is 0 Å². The van der Waals surface area contributed by atoms with Crippen LogP contribution >= 0.6 is 11.8 Å². The maximum Gasteiger partial charge on any atom is 0.0596 e. The molecule has 0 amide bonds. The van der Waals surface area contributed by atoms with E-state index in [1.165, 1.54) is 5.69 Å². The summed E-state index contributed by atoms with van der Waals surface area (Å²) in [5, 5.41) is 4.45. The Labute approximate surface area is 112 Å². The quantitative estimate of drug-likeness (QED) is 0.677. The molecule has 1 heterocycles. The molecule has 3 nitrogen and oxygen atoms in total. The predicted octanol–water partition coefficient (Wildman–Crippen LogP) is 3.39. The highest BCUT2D eigenvalue weighted by atomic mass is 32.2. The Morgan fingerprint density at radius 2 is 2.11 bits per heavy atom. The Morgan fingerprint density at radius 1 is 1.33 bits per heavy atom. The first-order chi connectivity index (χ1) is 8.61. The zero-order valence-electron chi connectivity index (χ0n) is 11.1. The molecule has 0 aliphatic rings. The van der Waals surface area contributed by atoms with E-state index < -0.39 is 0 Å². The van der Waals surface area contributed by atoms with Gasteiger partial charge in [-0.25, -0.2) is 0 Å². The van der Waals surface area contributed by atoms with Crippen molar-refractivity contribution in [2.45, 2.75) is 38.0 Å². The topological polar surface area (TPSA) is 43.8 Å². The number of anilines is 1. The van der Waals surface area contributed by atoms with Gasteiger partial charge in [0.05, 0.1) is 5.69 Å². The SMILES string of the molecule is CCn1nc(C)cc1CSc1cccc(C)c1N. The fourth-order valence-electron chi connectivity index (χ4n) is 1.92. The maximum absolute atomic E-state index is 6.08. The lowest BCUT2D eigenvalue weighted by atomic mass is 10.2. The lowest BCUT2D eigenvalue weighted by Gasteiger charge is -2.08. The summed E-state index contributed by atoms with van der Waals surface area (Å²) in [6.45, 7) is 7.09. The summed E-state index contributed by atoms with van der Waals surface area (Å²) >= 11 is 1.77. The van der Waals surface area contributed by atoms with Crippen molar-refractivity contribution in [3.05, 3.63) is 41.2 Å². The molecule has 4 heteroatoms. The minimum absolute atomic E-state index is 0.891. The van der Waals surface area contributed by atoms with Crippen LogP contribution in [-0.4, -0.2) is 9.78 Å². The molecule has 1 aromatic carbocycles. The van der Waals surface area contributed by atoms with Gasteiger partial charge in [0.15, 0.2) is 0 Å². The number of rotatable bonds is 4. The molecule has 0 spiro atoms. The second kappa shape index (κ2) is 5.48. The number of thioether (sulfide) groups is 1. The summed E-state index contributed by atoms with van der Waals surface area (Å²) in [4.78, 5) is 1.15. The van der Waals surface area contributed by atoms with E-state index >= 15 is 0 Å². The molecular weight excluding hydrogens is 242 g/mol. The highest BCUT2D eigenvalue weighted by molar-refractivity contribution is 7.98. The highest BCUT2D eigenvalue weighted by Gasteiger charge is 2.07. The molecule has 2 N–H and O–H groups in total. The zero-order chi connectivity index (χ0) is 13.1. The van der Waals surface area contributed by atoms with Crippen LogP contribution in [0.15, 0.2) is 29.2 Å². The number of nitrogen functional groups attached to an aromatic ring is 1. The van der Waals surface area contributed by atoms with Gasteiger partial charge in [-0.1, -0.05) is 12.1 Å². The van der Waals surface area contributed by atoms with Gasteiger partial charge in [0, 0.05) is 28.6 Å². The number of nitrogens with two attached hydrogens (primary N) is 1. The van der Waals surface area contributed by atoms with Gasteiger partial charge in [0.2, 0.25) is 0 Å². The largest absolute Gasteiger partial charge is 0.398 e. The van der Waals surface area contributed by atoms with Crippen molar-refractivity contribution in [3.63, 3.8) is 0 Å². The lowest BCUT2D eigenvalue weighted by molar-refractivity contribution is 0.632. The molecule has 0 saturated carbocycles. The van der Waals surface area contributed by atoms with Gasteiger partial charge in [-0.2, -0.15) is 5.10 Å². The first kappa shape index (κ1) is 13.0. The van der Waals surface area contributed by atoms with Crippen molar-refractivity contribution >= 4 is 17.4 Å². The van der Waals surface area contributed by atoms with Gasteiger partial charge in [-0.15, -0.1) is 11.8 Å². The normalized spacial score (nSPS) is 10.8. The molecule has 0 unspecified atom stereocenters. The van der Waals surface area contributed by atoms with Gasteiger partial charge in [-0.3, -0.25) is 4.68 Å². The van der Waals surface area contributed by atoms with Gasteiger partial charge in [0.1, 0.15) is 0 Å². The molecule has 0 radical (unpaired) electrons. The molecule has 0 aliphatic heterocycles. The number of benzene rings is 1. The molecule has 2 rings (SSSR count). The van der Waals surface area contributed by atoms with Gasteiger partial charge < -0.3 is 5.73 Å². The van der Waals surface area contributed by atoms with Crippen LogP contribution in [0.3, 0.4) is 0 Å². The van der Waals surface area contributed by atoms with Crippen LogP contribution < -0.4 is 5.73 Å². The lowest BCUT2D eigenvalue weighted by Crippen LogP contribution is -2.01. The van der Waals surface area contributed by atoms with Crippen LogP contribution in [0.2, 0.25) is 0 Å². The number of hydrogen-bond acceptors (Lipinski definition) is 3. The molecule has 0 saturated heterocycles. The second-order valence-corrected chi connectivity index (χ2v) is 5.39. The molecule has 96 valence electrons. The van der Waals surface area contributed by atoms with Crippen molar-refractivity contribution in [3.8, 4) is 0 Å². The number of aryl methyl sites for hydroxylation is 3. The molecule has 18 heavy (non-hydrogen) atoms. The minimum Gasteiger partial charge on any atom is -0.398 e. The molecule has 1 aromatic heterocycles. The highest BCUT2D eigenvalue weighted by Crippen LogP contribution is 2.30. The smallest absolute Gasteiger partial charge is 0.0596 e. The summed E-state index contributed by atoms with van der Waals surface area (Å²) in [6, 6.07) is 8.31. The Bertz CT molecular complexity index is 546. The van der Waals surface area contributed by atoms with E-state index in [1.807, 2.05) is 24.6 Å². The van der Waals surface area contributed by atoms with Crippen LogP contribution in [0, 0.1) is 13.8 Å². The van der Waals surface area contributed by atoms with E-state index in [0.717, 1.165) is 34.1 Å². The third-order valence-electron chi connectivity index (χ3n) is 2.94. The molecular formula is C14H19N3S. The van der Waals surface area contributed by atoms with E-state index in [9.17, 15) is 0 Å². The Morgan fingerprint density at radius 3 is 2.83 bits per heavy atom. The summed E-state index contributed by atoms with van der Waals surface area (Å²) < 4.78 is 2.05. The summed E-state index contributed by atoms with van der Waals surface area (Å²) in [5.74, 6) is 0.905. The number of nitrogens with zero attached hydrogens (tertiary/aromatic N) is 2. The molecule has 0 aliphatic carbocycles. The number of aromatic nitrogens is 2. The maximum atomic E-state index is 6.08. The van der Waals surface area contributed by atoms with E-state index in [1.54, 1.807) is 11.8 Å². The first-order valence-corrected chi connectivity index (χ1v) is 7.11. The molecule has 0 bridgehead atoms.